The van der Waals surface area contributed by atoms with E-state index in [1.54, 1.807) is 0 Å². The van der Waals surface area contributed by atoms with Crippen LogP contribution in [0.25, 0.3) is 0 Å². The van der Waals surface area contributed by atoms with Crippen LogP contribution in [0.5, 0.6) is 0 Å². The highest BCUT2D eigenvalue weighted by molar-refractivity contribution is 7.89. The van der Waals surface area contributed by atoms with Crippen LogP contribution in [0.3, 0.4) is 0 Å². The fraction of sp³-hybridized carbons (Fsp3) is 1.00. The zero-order chi connectivity index (χ0) is 12.3. The molecule has 0 bridgehead atoms. The van der Waals surface area contributed by atoms with Crippen molar-refractivity contribution in [3.63, 3.8) is 0 Å². The largest absolute Gasteiger partial charge is 0.389 e. The van der Waals surface area contributed by atoms with Crippen molar-refractivity contribution in [1.82, 2.24) is 4.31 Å². The molecule has 1 rings (SSSR count). The third kappa shape index (κ3) is 3.67. The van der Waals surface area contributed by atoms with Gasteiger partial charge in [0.2, 0.25) is 10.0 Å². The summed E-state index contributed by atoms with van der Waals surface area (Å²) in [4.78, 5) is 0. The van der Waals surface area contributed by atoms with Gasteiger partial charge in [0.15, 0.2) is 0 Å². The van der Waals surface area contributed by atoms with Crippen molar-refractivity contribution in [3.05, 3.63) is 0 Å². The van der Waals surface area contributed by atoms with Crippen LogP contribution in [0, 0.1) is 0 Å². The van der Waals surface area contributed by atoms with Crippen molar-refractivity contribution >= 4 is 10.0 Å². The Hall–Kier alpha value is -0.210. The number of hydrogen-bond donors (Lipinski definition) is 2. The van der Waals surface area contributed by atoms with Gasteiger partial charge in [-0.15, -0.1) is 0 Å². The summed E-state index contributed by atoms with van der Waals surface area (Å²) >= 11 is 0. The first kappa shape index (κ1) is 13.9. The van der Waals surface area contributed by atoms with E-state index in [4.69, 9.17) is 4.74 Å². The number of sulfonamides is 1. The lowest BCUT2D eigenvalue weighted by molar-refractivity contribution is 0.0572. The summed E-state index contributed by atoms with van der Waals surface area (Å²) < 4.78 is 29.7. The molecule has 1 heterocycles. The van der Waals surface area contributed by atoms with Crippen LogP contribution < -0.4 is 0 Å². The van der Waals surface area contributed by atoms with Crippen LogP contribution in [0.4, 0.5) is 0 Å². The number of aliphatic hydroxyl groups is 2. The maximum absolute atomic E-state index is 11.7. The van der Waals surface area contributed by atoms with Crippen molar-refractivity contribution in [1.29, 1.82) is 0 Å². The molecule has 0 amide bonds. The Balaban J connectivity index is 2.46. The normalized spacial score (nSPS) is 27.8. The Bertz CT molecular complexity index is 306. The quantitative estimate of drug-likeness (QED) is 0.641. The van der Waals surface area contributed by atoms with Crippen LogP contribution in [-0.4, -0.2) is 66.7 Å². The zero-order valence-corrected chi connectivity index (χ0v) is 10.4. The summed E-state index contributed by atoms with van der Waals surface area (Å²) in [6.45, 7) is 3.71. The van der Waals surface area contributed by atoms with Gasteiger partial charge in [-0.1, -0.05) is 0 Å². The van der Waals surface area contributed by atoms with Crippen LogP contribution in [-0.2, 0) is 14.8 Å². The molecule has 7 heteroatoms. The molecule has 0 radical (unpaired) electrons. The fourth-order valence-corrected chi connectivity index (χ4v) is 2.81. The highest BCUT2D eigenvalue weighted by atomic mass is 32.2. The Morgan fingerprint density at radius 3 is 2.25 bits per heavy atom. The van der Waals surface area contributed by atoms with Gasteiger partial charge in [0.1, 0.15) is 0 Å². The van der Waals surface area contributed by atoms with E-state index < -0.39 is 22.2 Å². The SMILES string of the molecule is CC(C)OCCS(=O)(=O)N1CC(O)C(O)C1. The molecule has 2 atom stereocenters. The summed E-state index contributed by atoms with van der Waals surface area (Å²) in [5.41, 5.74) is 0. The predicted octanol–water partition coefficient (Wildman–Crippen LogP) is -1.22. The van der Waals surface area contributed by atoms with Crippen molar-refractivity contribution in [2.45, 2.75) is 32.2 Å². The monoisotopic (exact) mass is 253 g/mol. The Morgan fingerprint density at radius 2 is 1.81 bits per heavy atom. The van der Waals surface area contributed by atoms with E-state index in [-0.39, 0.29) is 31.6 Å². The molecule has 0 saturated carbocycles. The second-order valence-corrected chi connectivity index (χ2v) is 6.28. The van der Waals surface area contributed by atoms with Gasteiger partial charge < -0.3 is 14.9 Å². The van der Waals surface area contributed by atoms with Gasteiger partial charge in [0.25, 0.3) is 0 Å². The van der Waals surface area contributed by atoms with Gasteiger partial charge >= 0.3 is 0 Å². The van der Waals surface area contributed by atoms with E-state index in [1.165, 1.54) is 0 Å². The predicted molar refractivity (Wildman–Crippen MR) is 58.5 cm³/mol. The lowest BCUT2D eigenvalue weighted by atomic mass is 10.3. The lowest BCUT2D eigenvalue weighted by Gasteiger charge is -2.16. The molecule has 96 valence electrons. The maximum Gasteiger partial charge on any atom is 0.216 e. The van der Waals surface area contributed by atoms with Crippen molar-refractivity contribution in [2.75, 3.05) is 25.4 Å². The molecule has 1 fully saturated rings. The molecule has 0 aliphatic carbocycles. The minimum atomic E-state index is -3.43. The van der Waals surface area contributed by atoms with Gasteiger partial charge in [-0.2, -0.15) is 4.31 Å². The van der Waals surface area contributed by atoms with Crippen molar-refractivity contribution in [3.8, 4) is 0 Å². The van der Waals surface area contributed by atoms with Gasteiger partial charge in [-0.05, 0) is 13.8 Å². The van der Waals surface area contributed by atoms with E-state index in [0.29, 0.717) is 0 Å². The molecule has 1 aliphatic heterocycles. The molecular weight excluding hydrogens is 234 g/mol. The van der Waals surface area contributed by atoms with Crippen LogP contribution >= 0.6 is 0 Å². The van der Waals surface area contributed by atoms with E-state index in [0.717, 1.165) is 4.31 Å². The van der Waals surface area contributed by atoms with Crippen LogP contribution in [0.2, 0.25) is 0 Å². The number of ether oxygens (including phenoxy) is 1. The summed E-state index contributed by atoms with van der Waals surface area (Å²) in [5.74, 6) is -0.120. The summed E-state index contributed by atoms with van der Waals surface area (Å²) in [6, 6.07) is 0. The summed E-state index contributed by atoms with van der Waals surface area (Å²) in [5, 5.41) is 18.5. The second kappa shape index (κ2) is 5.42. The number of rotatable bonds is 5. The Labute approximate surface area is 95.9 Å². The third-order valence-electron chi connectivity index (χ3n) is 2.41. The summed E-state index contributed by atoms with van der Waals surface area (Å²) in [7, 11) is -3.43. The smallest absolute Gasteiger partial charge is 0.216 e. The maximum atomic E-state index is 11.7. The number of nitrogens with zero attached hydrogens (tertiary/aromatic N) is 1. The molecule has 1 aliphatic rings. The molecule has 0 spiro atoms. The minimum absolute atomic E-state index is 0.00930. The van der Waals surface area contributed by atoms with E-state index >= 15 is 0 Å². The molecule has 2 unspecified atom stereocenters. The molecule has 0 aromatic heterocycles. The van der Waals surface area contributed by atoms with Crippen molar-refractivity contribution in [2.24, 2.45) is 0 Å². The van der Waals surface area contributed by atoms with Crippen LogP contribution in [0.1, 0.15) is 13.8 Å². The summed E-state index contributed by atoms with van der Waals surface area (Å²) in [6.07, 6.45) is -1.98. The average Bonchev–Trinajstić information content (AvgIpc) is 2.46. The van der Waals surface area contributed by atoms with Gasteiger partial charge in [-0.25, -0.2) is 8.42 Å². The van der Waals surface area contributed by atoms with Crippen LogP contribution in [0.15, 0.2) is 0 Å². The number of β-amino-alcohol motifs (C(OH)–C–C–N with tert-alkyl or cyclic N) is 2. The number of aliphatic hydroxyl groups excluding tert-OH is 2. The van der Waals surface area contributed by atoms with Gasteiger partial charge in [-0.3, -0.25) is 0 Å². The molecule has 2 N–H and O–H groups in total. The highest BCUT2D eigenvalue weighted by Crippen LogP contribution is 2.14. The van der Waals surface area contributed by atoms with E-state index in [9.17, 15) is 18.6 Å². The minimum Gasteiger partial charge on any atom is -0.389 e. The Kier molecular flexibility index (Phi) is 4.69. The average molecular weight is 253 g/mol. The Morgan fingerprint density at radius 1 is 1.31 bits per heavy atom. The van der Waals surface area contributed by atoms with Gasteiger partial charge in [0, 0.05) is 13.1 Å². The molecule has 0 aromatic carbocycles. The first-order valence-electron chi connectivity index (χ1n) is 5.28. The van der Waals surface area contributed by atoms with Gasteiger partial charge in [0.05, 0.1) is 30.7 Å². The standard InChI is InChI=1S/C9H19NO5S/c1-7(2)15-3-4-16(13,14)10-5-8(11)9(12)6-10/h7-9,11-12H,3-6H2,1-2H3. The highest BCUT2D eigenvalue weighted by Gasteiger charge is 2.36. The fourth-order valence-electron chi connectivity index (χ4n) is 1.48. The molecule has 16 heavy (non-hydrogen) atoms. The molecule has 1 saturated heterocycles. The second-order valence-electron chi connectivity index (χ2n) is 4.19. The van der Waals surface area contributed by atoms with E-state index in [1.807, 2.05) is 13.8 Å². The van der Waals surface area contributed by atoms with E-state index in [2.05, 4.69) is 0 Å². The van der Waals surface area contributed by atoms with Crippen molar-refractivity contribution < 1.29 is 23.4 Å². The topological polar surface area (TPSA) is 87.1 Å². The first-order valence-corrected chi connectivity index (χ1v) is 6.89. The zero-order valence-electron chi connectivity index (χ0n) is 9.54. The molecule has 6 nitrogen and oxygen atoms in total. The third-order valence-corrected chi connectivity index (χ3v) is 4.18. The first-order chi connectivity index (χ1) is 7.33. The number of hydrogen-bond acceptors (Lipinski definition) is 5. The molecular formula is C9H19NO5S. The molecule has 0 aromatic rings. The lowest BCUT2D eigenvalue weighted by Crippen LogP contribution is -2.33.